The molecule has 2 fully saturated rings. The molecule has 0 aromatic rings. The van der Waals surface area contributed by atoms with E-state index >= 15 is 0 Å². The summed E-state index contributed by atoms with van der Waals surface area (Å²) in [5.74, 6) is -0.992. The van der Waals surface area contributed by atoms with Gasteiger partial charge < -0.3 is 20.9 Å². The van der Waals surface area contributed by atoms with Crippen LogP contribution in [0, 0.1) is 11.3 Å². The summed E-state index contributed by atoms with van der Waals surface area (Å²) in [7, 11) is 0. The van der Waals surface area contributed by atoms with Crippen LogP contribution in [0.1, 0.15) is 46.5 Å². The zero-order valence-electron chi connectivity index (χ0n) is 13.0. The van der Waals surface area contributed by atoms with E-state index in [1.54, 1.807) is 0 Å². The normalized spacial score (nSPS) is 35.2. The molecule has 0 aromatic heterocycles. The van der Waals surface area contributed by atoms with Gasteiger partial charge in [0.05, 0.1) is 6.10 Å². The van der Waals surface area contributed by atoms with Crippen LogP contribution in [0.4, 0.5) is 0 Å². The predicted molar refractivity (Wildman–Crippen MR) is 77.6 cm³/mol. The molecule has 1 aliphatic heterocycles. The van der Waals surface area contributed by atoms with Gasteiger partial charge in [-0.2, -0.15) is 0 Å². The quantitative estimate of drug-likeness (QED) is 0.699. The van der Waals surface area contributed by atoms with Crippen molar-refractivity contribution in [1.29, 1.82) is 0 Å². The summed E-state index contributed by atoms with van der Waals surface area (Å²) in [6, 6.07) is -0.201. The molecular formula is C15H26N2O4. The van der Waals surface area contributed by atoms with Crippen molar-refractivity contribution in [3.8, 4) is 0 Å². The van der Waals surface area contributed by atoms with Crippen LogP contribution in [0.25, 0.3) is 0 Å². The minimum atomic E-state index is -0.935. The Morgan fingerprint density at radius 2 is 2.14 bits per heavy atom. The van der Waals surface area contributed by atoms with Gasteiger partial charge in [-0.1, -0.05) is 13.8 Å². The second-order valence-corrected chi connectivity index (χ2v) is 6.94. The molecule has 21 heavy (non-hydrogen) atoms. The van der Waals surface area contributed by atoms with E-state index in [0.29, 0.717) is 6.42 Å². The van der Waals surface area contributed by atoms with Gasteiger partial charge in [0.1, 0.15) is 5.54 Å². The molecular weight excluding hydrogens is 272 g/mol. The van der Waals surface area contributed by atoms with Crippen molar-refractivity contribution in [3.63, 3.8) is 0 Å². The van der Waals surface area contributed by atoms with Gasteiger partial charge in [-0.15, -0.1) is 0 Å². The summed E-state index contributed by atoms with van der Waals surface area (Å²) in [6.07, 6.45) is 2.32. The monoisotopic (exact) mass is 298 g/mol. The van der Waals surface area contributed by atoms with Crippen molar-refractivity contribution in [1.82, 2.24) is 5.32 Å². The van der Waals surface area contributed by atoms with Crippen LogP contribution in [0.15, 0.2) is 0 Å². The number of aliphatic carboxylic acids is 1. The Bertz CT molecular complexity index is 437. The number of carboxylic acids is 1. The summed E-state index contributed by atoms with van der Waals surface area (Å²) in [5, 5.41) is 11.6. The minimum absolute atomic E-state index is 0.0383. The lowest BCUT2D eigenvalue weighted by atomic mass is 9.46. The third kappa shape index (κ3) is 2.55. The fraction of sp³-hybridized carbons (Fsp3) is 0.867. The third-order valence-corrected chi connectivity index (χ3v) is 5.23. The van der Waals surface area contributed by atoms with E-state index < -0.39 is 16.9 Å². The van der Waals surface area contributed by atoms with Crippen molar-refractivity contribution in [2.75, 3.05) is 6.61 Å². The lowest BCUT2D eigenvalue weighted by Crippen LogP contribution is -2.82. The summed E-state index contributed by atoms with van der Waals surface area (Å²) in [5.41, 5.74) is 5.13. The van der Waals surface area contributed by atoms with E-state index in [4.69, 9.17) is 15.6 Å². The molecule has 4 N–H and O–H groups in total. The maximum atomic E-state index is 12.6. The van der Waals surface area contributed by atoms with Crippen LogP contribution < -0.4 is 11.1 Å². The van der Waals surface area contributed by atoms with Crippen LogP contribution in [0.2, 0.25) is 0 Å². The molecule has 0 spiro atoms. The van der Waals surface area contributed by atoms with Gasteiger partial charge in [0.2, 0.25) is 5.91 Å². The largest absolute Gasteiger partial charge is 0.481 e. The van der Waals surface area contributed by atoms with Gasteiger partial charge >= 0.3 is 5.97 Å². The van der Waals surface area contributed by atoms with E-state index in [2.05, 4.69) is 5.32 Å². The first-order chi connectivity index (χ1) is 9.71. The van der Waals surface area contributed by atoms with Crippen LogP contribution in [-0.4, -0.2) is 41.3 Å². The average Bonchev–Trinajstić information content (AvgIpc) is 2.44. The predicted octanol–water partition coefficient (Wildman–Crippen LogP) is 0.888. The van der Waals surface area contributed by atoms with Crippen LogP contribution in [-0.2, 0) is 14.3 Å². The minimum Gasteiger partial charge on any atom is -0.481 e. The van der Waals surface area contributed by atoms with E-state index in [1.165, 1.54) is 0 Å². The molecule has 2 rings (SSSR count). The number of amides is 1. The highest BCUT2D eigenvalue weighted by atomic mass is 16.5. The van der Waals surface area contributed by atoms with Crippen molar-refractivity contribution in [2.24, 2.45) is 17.1 Å². The highest BCUT2D eigenvalue weighted by Crippen LogP contribution is 2.57. The topological polar surface area (TPSA) is 102 Å². The van der Waals surface area contributed by atoms with Gasteiger partial charge in [0.15, 0.2) is 0 Å². The van der Waals surface area contributed by atoms with Gasteiger partial charge in [0.25, 0.3) is 0 Å². The van der Waals surface area contributed by atoms with E-state index in [1.807, 2.05) is 20.8 Å². The fourth-order valence-electron chi connectivity index (χ4n) is 3.79. The van der Waals surface area contributed by atoms with Gasteiger partial charge in [0, 0.05) is 30.4 Å². The number of ether oxygens (including phenoxy) is 1. The average molecular weight is 298 g/mol. The molecule has 6 nitrogen and oxygen atoms in total. The Balaban J connectivity index is 2.02. The molecule has 1 saturated carbocycles. The van der Waals surface area contributed by atoms with Gasteiger partial charge in [-0.3, -0.25) is 9.59 Å². The summed E-state index contributed by atoms with van der Waals surface area (Å²) < 4.78 is 5.78. The number of carbonyl (C=O) groups is 2. The second-order valence-electron chi connectivity index (χ2n) is 6.94. The van der Waals surface area contributed by atoms with Crippen molar-refractivity contribution < 1.29 is 19.4 Å². The first-order valence-corrected chi connectivity index (χ1v) is 7.64. The highest BCUT2D eigenvalue weighted by molar-refractivity contribution is 5.89. The molecule has 0 aromatic carbocycles. The Morgan fingerprint density at radius 1 is 1.48 bits per heavy atom. The Labute approximate surface area is 125 Å². The SMILES string of the molecule is CC(CCC(=O)O)NC(=O)C1(N)C2CCCOC2C1(C)C. The molecule has 120 valence electrons. The number of nitrogens with one attached hydrogen (secondary N) is 1. The van der Waals surface area contributed by atoms with Crippen LogP contribution >= 0.6 is 0 Å². The second kappa shape index (κ2) is 5.57. The summed E-state index contributed by atoms with van der Waals surface area (Å²) in [6.45, 7) is 6.49. The maximum absolute atomic E-state index is 12.6. The standard InChI is InChI=1S/C15H26N2O4/c1-9(6-7-11(18)19)17-13(20)15(16)10-5-4-8-21-12(10)14(15,2)3/h9-10,12H,4-8,16H2,1-3H3,(H,17,20)(H,18,19). The molecule has 1 aliphatic carbocycles. The van der Waals surface area contributed by atoms with Crippen molar-refractivity contribution in [3.05, 3.63) is 0 Å². The number of hydrogen-bond acceptors (Lipinski definition) is 4. The van der Waals surface area contributed by atoms with Crippen LogP contribution in [0.5, 0.6) is 0 Å². The van der Waals surface area contributed by atoms with Crippen molar-refractivity contribution in [2.45, 2.75) is 64.1 Å². The summed E-state index contributed by atoms with van der Waals surface area (Å²) in [4.78, 5) is 23.2. The van der Waals surface area contributed by atoms with Crippen molar-refractivity contribution >= 4 is 11.9 Å². The molecule has 1 saturated heterocycles. The Hall–Kier alpha value is -1.14. The fourth-order valence-corrected chi connectivity index (χ4v) is 3.79. The van der Waals surface area contributed by atoms with Crippen LogP contribution in [0.3, 0.4) is 0 Å². The first kappa shape index (κ1) is 16.2. The molecule has 2 aliphatic rings. The molecule has 4 atom stereocenters. The highest BCUT2D eigenvalue weighted by Gasteiger charge is 2.70. The van der Waals surface area contributed by atoms with E-state index in [0.717, 1.165) is 19.4 Å². The molecule has 6 heteroatoms. The maximum Gasteiger partial charge on any atom is 0.303 e. The number of hydrogen-bond donors (Lipinski definition) is 3. The molecule has 1 heterocycles. The molecule has 0 radical (unpaired) electrons. The molecule has 4 unspecified atom stereocenters. The van der Waals surface area contributed by atoms with E-state index in [-0.39, 0.29) is 30.4 Å². The molecule has 1 amide bonds. The number of carbonyl (C=O) groups excluding carboxylic acids is 1. The van der Waals surface area contributed by atoms with Gasteiger partial charge in [-0.05, 0) is 26.2 Å². The van der Waals surface area contributed by atoms with Gasteiger partial charge in [-0.25, -0.2) is 0 Å². The Kier molecular flexibility index (Phi) is 4.31. The number of nitrogens with two attached hydrogens (primary N) is 1. The third-order valence-electron chi connectivity index (χ3n) is 5.23. The lowest BCUT2D eigenvalue weighted by Gasteiger charge is -2.65. The van der Waals surface area contributed by atoms with E-state index in [9.17, 15) is 9.59 Å². The number of fused-ring (bicyclic) bond motifs is 1. The Morgan fingerprint density at radius 3 is 2.76 bits per heavy atom. The number of carboxylic acid groups (broad SMARTS) is 1. The number of rotatable bonds is 5. The smallest absolute Gasteiger partial charge is 0.303 e. The summed E-state index contributed by atoms with van der Waals surface area (Å²) >= 11 is 0. The first-order valence-electron chi connectivity index (χ1n) is 7.64. The zero-order valence-corrected chi connectivity index (χ0v) is 13.0. The lowest BCUT2D eigenvalue weighted by molar-refractivity contribution is -0.225. The molecule has 0 bridgehead atoms. The zero-order chi connectivity index (χ0) is 15.8.